The van der Waals surface area contributed by atoms with Crippen molar-refractivity contribution in [1.29, 1.82) is 0 Å². The molecular weight excluding hydrogens is 752 g/mol. The zero-order chi connectivity index (χ0) is 41.9. The maximum atomic E-state index is 13.7. The van der Waals surface area contributed by atoms with Gasteiger partial charge in [-0.1, -0.05) is 6.07 Å². The predicted octanol–water partition coefficient (Wildman–Crippen LogP) is -0.466. The lowest BCUT2D eigenvalue weighted by molar-refractivity contribution is -0.263. The summed E-state index contributed by atoms with van der Waals surface area (Å²) in [6.45, 7) is 7.74. The zero-order valence-corrected chi connectivity index (χ0v) is 31.8. The largest absolute Gasteiger partial charge is 0.463 e. The molecule has 10 atom stereocenters. The van der Waals surface area contributed by atoms with E-state index >= 15 is 0 Å². The summed E-state index contributed by atoms with van der Waals surface area (Å²) in [6, 6.07) is 2.47. The van der Waals surface area contributed by atoms with E-state index in [2.05, 4.69) is 10.6 Å². The Bertz CT molecular complexity index is 1660. The van der Waals surface area contributed by atoms with Crippen LogP contribution < -0.4 is 15.4 Å². The summed E-state index contributed by atoms with van der Waals surface area (Å²) in [6.07, 6.45) is -11.7. The summed E-state index contributed by atoms with van der Waals surface area (Å²) in [5.41, 5.74) is -0.187. The van der Waals surface area contributed by atoms with Crippen LogP contribution in [-0.4, -0.2) is 128 Å². The summed E-state index contributed by atoms with van der Waals surface area (Å²) < 4.78 is 55.4. The first-order chi connectivity index (χ1) is 26.2. The SMILES string of the molecule is CC(=O)N[C@@H]1[C@H](Oc2cccc(C(=O)O[C@@H]3O[C@H](COC(C)=O)[C@@H](OC(C)=O)[C@@H](OC(C)=O)[C@@H]3NC(C)=O)c2)O[C@H](COC(C)=O)[C@H](OC(C)=O)[C@@H]1OC(C)=O. The number of carbonyl (C=O) groups is 9. The summed E-state index contributed by atoms with van der Waals surface area (Å²) in [7, 11) is 0. The van der Waals surface area contributed by atoms with Crippen LogP contribution in [0.5, 0.6) is 5.75 Å². The summed E-state index contributed by atoms with van der Waals surface area (Å²) in [5, 5.41) is 5.04. The normalized spacial score (nSPS) is 26.9. The highest BCUT2D eigenvalue weighted by Crippen LogP contribution is 2.31. The Morgan fingerprint density at radius 3 is 1.36 bits per heavy atom. The van der Waals surface area contributed by atoms with Gasteiger partial charge in [0.25, 0.3) is 0 Å². The third-order valence-electron chi connectivity index (χ3n) is 7.69. The van der Waals surface area contributed by atoms with Crippen LogP contribution in [0.1, 0.15) is 65.7 Å². The minimum atomic E-state index is -1.73. The average Bonchev–Trinajstić information content (AvgIpc) is 3.07. The Hall–Kier alpha value is -5.83. The highest BCUT2D eigenvalue weighted by molar-refractivity contribution is 5.90. The number of rotatable bonds is 14. The molecule has 21 nitrogen and oxygen atoms in total. The molecule has 3 rings (SSSR count). The van der Waals surface area contributed by atoms with Crippen LogP contribution in [0.2, 0.25) is 0 Å². The van der Waals surface area contributed by atoms with Crippen LogP contribution in [0.3, 0.4) is 0 Å². The van der Waals surface area contributed by atoms with E-state index in [0.29, 0.717) is 0 Å². The quantitative estimate of drug-likeness (QED) is 0.178. The van der Waals surface area contributed by atoms with Gasteiger partial charge in [-0.25, -0.2) is 4.79 Å². The molecule has 2 amide bonds. The Labute approximate surface area is 320 Å². The van der Waals surface area contributed by atoms with E-state index in [4.69, 9.17) is 47.4 Å². The zero-order valence-electron chi connectivity index (χ0n) is 31.8. The first kappa shape index (κ1) is 44.6. The molecule has 0 bridgehead atoms. The first-order valence-electron chi connectivity index (χ1n) is 17.0. The van der Waals surface area contributed by atoms with Gasteiger partial charge in [0.15, 0.2) is 24.4 Å². The first-order valence-corrected chi connectivity index (χ1v) is 17.0. The van der Waals surface area contributed by atoms with Crippen molar-refractivity contribution in [2.24, 2.45) is 0 Å². The molecule has 2 heterocycles. The van der Waals surface area contributed by atoms with Gasteiger partial charge in [-0.3, -0.25) is 38.4 Å². The van der Waals surface area contributed by atoms with Crippen molar-refractivity contribution in [3.63, 3.8) is 0 Å². The molecule has 56 heavy (non-hydrogen) atoms. The van der Waals surface area contributed by atoms with Gasteiger partial charge >= 0.3 is 41.8 Å². The number of benzene rings is 1. The molecule has 0 saturated carbocycles. The van der Waals surface area contributed by atoms with Crippen LogP contribution in [0.25, 0.3) is 0 Å². The monoisotopic (exact) mass is 796 g/mol. The number of carbonyl (C=O) groups excluding carboxylic acids is 9. The molecule has 0 unspecified atom stereocenters. The van der Waals surface area contributed by atoms with Crippen molar-refractivity contribution in [3.05, 3.63) is 29.8 Å². The fourth-order valence-corrected chi connectivity index (χ4v) is 5.79. The highest BCUT2D eigenvalue weighted by atomic mass is 16.7. The molecular formula is C35H44N2O19. The van der Waals surface area contributed by atoms with E-state index in [1.165, 1.54) is 24.3 Å². The van der Waals surface area contributed by atoms with Gasteiger partial charge in [-0.2, -0.15) is 0 Å². The molecule has 0 spiro atoms. The summed E-state index contributed by atoms with van der Waals surface area (Å²) in [4.78, 5) is 110. The average molecular weight is 797 g/mol. The number of nitrogens with one attached hydrogen (secondary N) is 2. The molecule has 0 aromatic heterocycles. The molecule has 2 fully saturated rings. The fourth-order valence-electron chi connectivity index (χ4n) is 5.79. The fraction of sp³-hybridized carbons (Fsp3) is 0.571. The van der Waals surface area contributed by atoms with Gasteiger partial charge in [-0.15, -0.1) is 0 Å². The Balaban J connectivity index is 1.99. The summed E-state index contributed by atoms with van der Waals surface area (Å²) in [5.74, 6) is -7.26. The van der Waals surface area contributed by atoms with Crippen molar-refractivity contribution < 1.29 is 90.5 Å². The summed E-state index contributed by atoms with van der Waals surface area (Å²) >= 11 is 0. The molecule has 2 N–H and O–H groups in total. The van der Waals surface area contributed by atoms with Gasteiger partial charge in [0.2, 0.25) is 24.4 Å². The lowest BCUT2D eigenvalue weighted by atomic mass is 9.96. The van der Waals surface area contributed by atoms with E-state index in [-0.39, 0.29) is 11.3 Å². The number of amides is 2. The Morgan fingerprint density at radius 2 is 0.946 bits per heavy atom. The van der Waals surface area contributed by atoms with E-state index in [9.17, 15) is 43.2 Å². The van der Waals surface area contributed by atoms with Crippen molar-refractivity contribution >= 4 is 53.6 Å². The van der Waals surface area contributed by atoms with Crippen molar-refractivity contribution in [2.45, 2.75) is 117 Å². The highest BCUT2D eigenvalue weighted by Gasteiger charge is 2.53. The molecule has 308 valence electrons. The maximum absolute atomic E-state index is 13.7. The molecule has 21 heteroatoms. The van der Waals surface area contributed by atoms with Gasteiger partial charge in [-0.05, 0) is 18.2 Å². The Kier molecular flexibility index (Phi) is 16.1. The van der Waals surface area contributed by atoms with E-state index in [1.807, 2.05) is 0 Å². The minimum Gasteiger partial charge on any atom is -0.463 e. The van der Waals surface area contributed by atoms with E-state index in [0.717, 1.165) is 55.4 Å². The second kappa shape index (κ2) is 20.2. The lowest BCUT2D eigenvalue weighted by Crippen LogP contribution is -2.67. The second-order valence-corrected chi connectivity index (χ2v) is 12.5. The van der Waals surface area contributed by atoms with Crippen molar-refractivity contribution in [3.8, 4) is 5.75 Å². The predicted molar refractivity (Wildman–Crippen MR) is 180 cm³/mol. The van der Waals surface area contributed by atoms with Crippen molar-refractivity contribution in [1.82, 2.24) is 10.6 Å². The van der Waals surface area contributed by atoms with Crippen LogP contribution in [0.15, 0.2) is 24.3 Å². The number of hydrogen-bond acceptors (Lipinski definition) is 19. The van der Waals surface area contributed by atoms with Crippen LogP contribution in [0, 0.1) is 0 Å². The standard InChI is InChI=1S/C35H44N2O19/c1-15(38)36-27-31(51-21(7)44)29(49-19(5)42)25(13-47-17(3)40)54-34(27)53-24-11-9-10-23(12-24)33(46)56-35-28(37-16(2)39)32(52-22(8)45)30(50-20(6)43)26(55-35)14-48-18(4)41/h9-12,25-32,34-35H,13-14H2,1-8H3,(H,36,38)(H,37,39)/t25-,26-,27+,28+,29+,30-,31-,32+,34-,35+/m1/s1. The molecule has 2 aliphatic heterocycles. The minimum absolute atomic E-state index is 0.0815. The molecule has 2 aliphatic rings. The smallest absolute Gasteiger partial charge is 0.340 e. The van der Waals surface area contributed by atoms with Gasteiger partial charge in [0, 0.05) is 55.4 Å². The van der Waals surface area contributed by atoms with Crippen LogP contribution >= 0.6 is 0 Å². The van der Waals surface area contributed by atoms with Crippen LogP contribution in [-0.2, 0) is 81.0 Å². The Morgan fingerprint density at radius 1 is 0.536 bits per heavy atom. The third kappa shape index (κ3) is 13.2. The molecule has 1 aromatic carbocycles. The van der Waals surface area contributed by atoms with E-state index in [1.54, 1.807) is 0 Å². The van der Waals surface area contributed by atoms with Gasteiger partial charge in [0.05, 0.1) is 5.56 Å². The third-order valence-corrected chi connectivity index (χ3v) is 7.69. The molecule has 0 aliphatic carbocycles. The molecule has 1 aromatic rings. The molecule has 0 radical (unpaired) electrons. The molecule has 2 saturated heterocycles. The number of ether oxygens (including phenoxy) is 10. The van der Waals surface area contributed by atoms with Crippen molar-refractivity contribution in [2.75, 3.05) is 13.2 Å². The topological polar surface area (TPSA) is 270 Å². The lowest BCUT2D eigenvalue weighted by Gasteiger charge is -2.44. The van der Waals surface area contributed by atoms with Gasteiger partial charge < -0.3 is 58.0 Å². The van der Waals surface area contributed by atoms with Crippen LogP contribution in [0.4, 0.5) is 0 Å². The number of hydrogen-bond donors (Lipinski definition) is 2. The van der Waals surface area contributed by atoms with Gasteiger partial charge in [0.1, 0.15) is 43.3 Å². The maximum Gasteiger partial charge on any atom is 0.340 e. The number of esters is 7. The second-order valence-electron chi connectivity index (χ2n) is 12.5. The van der Waals surface area contributed by atoms with E-state index < -0.39 is 128 Å².